The third kappa shape index (κ3) is 3.48. The highest BCUT2D eigenvalue weighted by Gasteiger charge is 1.98. The van der Waals surface area contributed by atoms with Crippen molar-refractivity contribution >= 4 is 17.4 Å². The molecule has 0 atom stereocenters. The molecule has 0 aliphatic rings. The van der Waals surface area contributed by atoms with Gasteiger partial charge < -0.3 is 10.3 Å². The minimum atomic E-state index is -0.466. The fourth-order valence-corrected chi connectivity index (χ4v) is 1.03. The van der Waals surface area contributed by atoms with Gasteiger partial charge in [0.05, 0.1) is 6.20 Å². The van der Waals surface area contributed by atoms with Crippen molar-refractivity contribution in [2.75, 3.05) is 0 Å². The standard InChI is InChI=1S/C4H4N2OS.C3H3NO/c5-4(7)3-1-2-8-6-3;1-2-4-5-3-1/h1-2H,(H2,5,7);1-3H. The van der Waals surface area contributed by atoms with Gasteiger partial charge in [-0.05, 0) is 23.7 Å². The summed E-state index contributed by atoms with van der Waals surface area (Å²) in [4.78, 5) is 10.2. The van der Waals surface area contributed by atoms with E-state index in [4.69, 9.17) is 5.73 Å². The van der Waals surface area contributed by atoms with Crippen LogP contribution < -0.4 is 5.73 Å². The summed E-state index contributed by atoms with van der Waals surface area (Å²) in [7, 11) is 0. The molecular weight excluding hydrogens is 190 g/mol. The van der Waals surface area contributed by atoms with E-state index in [-0.39, 0.29) is 0 Å². The Hall–Kier alpha value is -1.69. The second-order valence-electron chi connectivity index (χ2n) is 1.94. The van der Waals surface area contributed by atoms with Crippen molar-refractivity contribution in [2.24, 2.45) is 5.73 Å². The third-order valence-electron chi connectivity index (χ3n) is 1.04. The van der Waals surface area contributed by atoms with Crippen LogP contribution in [0.3, 0.4) is 0 Å². The first-order valence-electron chi connectivity index (χ1n) is 3.35. The van der Waals surface area contributed by atoms with Crippen LogP contribution in [0, 0.1) is 0 Å². The molecule has 68 valence electrons. The molecule has 13 heavy (non-hydrogen) atoms. The molecule has 0 saturated heterocycles. The molecule has 2 aromatic heterocycles. The van der Waals surface area contributed by atoms with Gasteiger partial charge in [0.25, 0.3) is 5.91 Å². The second kappa shape index (κ2) is 5.04. The summed E-state index contributed by atoms with van der Waals surface area (Å²) in [6.07, 6.45) is 3.10. The van der Waals surface area contributed by atoms with E-state index in [1.807, 2.05) is 0 Å². The number of primary amides is 1. The van der Waals surface area contributed by atoms with E-state index < -0.39 is 5.91 Å². The smallest absolute Gasteiger partial charge is 0.268 e. The highest BCUT2D eigenvalue weighted by molar-refractivity contribution is 7.03. The Kier molecular flexibility index (Phi) is 3.65. The zero-order valence-corrected chi connectivity index (χ0v) is 7.40. The minimum Gasteiger partial charge on any atom is -0.365 e. The lowest BCUT2D eigenvalue weighted by atomic mass is 10.4. The Labute approximate surface area is 78.3 Å². The molecule has 2 aromatic rings. The molecule has 0 saturated carbocycles. The summed E-state index contributed by atoms with van der Waals surface area (Å²) in [5, 5.41) is 5.06. The van der Waals surface area contributed by atoms with Crippen LogP contribution in [0.1, 0.15) is 10.5 Å². The van der Waals surface area contributed by atoms with Gasteiger partial charge >= 0.3 is 0 Å². The van der Waals surface area contributed by atoms with Gasteiger partial charge in [-0.2, -0.15) is 4.37 Å². The predicted molar refractivity (Wildman–Crippen MR) is 47.1 cm³/mol. The minimum absolute atomic E-state index is 0.343. The van der Waals surface area contributed by atoms with Gasteiger partial charge in [-0.1, -0.05) is 5.16 Å². The lowest BCUT2D eigenvalue weighted by Gasteiger charge is -1.78. The molecule has 5 nitrogen and oxygen atoms in total. The van der Waals surface area contributed by atoms with Crippen molar-refractivity contribution in [1.29, 1.82) is 0 Å². The quantitative estimate of drug-likeness (QED) is 0.736. The van der Waals surface area contributed by atoms with Gasteiger partial charge in [0.15, 0.2) is 0 Å². The zero-order chi connectivity index (χ0) is 9.52. The van der Waals surface area contributed by atoms with Gasteiger partial charge in [0.2, 0.25) is 0 Å². The van der Waals surface area contributed by atoms with Gasteiger partial charge in [-0.25, -0.2) is 0 Å². The molecule has 2 N–H and O–H groups in total. The van der Waals surface area contributed by atoms with E-state index in [0.29, 0.717) is 5.69 Å². The van der Waals surface area contributed by atoms with Gasteiger partial charge in [-0.15, -0.1) is 0 Å². The summed E-state index contributed by atoms with van der Waals surface area (Å²) in [5.41, 5.74) is 5.21. The lowest BCUT2D eigenvalue weighted by Crippen LogP contribution is -2.10. The van der Waals surface area contributed by atoms with Crippen molar-refractivity contribution in [3.63, 3.8) is 0 Å². The maximum Gasteiger partial charge on any atom is 0.268 e. The molecular formula is C7H7N3O2S. The molecule has 1 amide bonds. The van der Waals surface area contributed by atoms with Crippen molar-refractivity contribution < 1.29 is 9.32 Å². The van der Waals surface area contributed by atoms with Crippen molar-refractivity contribution in [3.05, 3.63) is 35.7 Å². The fourth-order valence-electron chi connectivity index (χ4n) is 0.515. The summed E-state index contributed by atoms with van der Waals surface area (Å²) in [5.74, 6) is -0.466. The molecule has 0 unspecified atom stereocenters. The number of carbonyl (C=O) groups excluding carboxylic acids is 1. The number of aromatic nitrogens is 2. The van der Waals surface area contributed by atoms with Crippen LogP contribution >= 0.6 is 11.5 Å². The van der Waals surface area contributed by atoms with E-state index in [1.54, 1.807) is 23.7 Å². The molecule has 0 aromatic carbocycles. The van der Waals surface area contributed by atoms with E-state index in [9.17, 15) is 4.79 Å². The summed E-state index contributed by atoms with van der Waals surface area (Å²) in [6, 6.07) is 3.31. The van der Waals surface area contributed by atoms with Crippen molar-refractivity contribution in [2.45, 2.75) is 0 Å². The van der Waals surface area contributed by atoms with Crippen LogP contribution in [-0.4, -0.2) is 15.4 Å². The van der Waals surface area contributed by atoms with Crippen LogP contribution in [0.25, 0.3) is 0 Å². The lowest BCUT2D eigenvalue weighted by molar-refractivity contribution is 0.0996. The molecule has 0 bridgehead atoms. The number of rotatable bonds is 1. The van der Waals surface area contributed by atoms with E-state index in [2.05, 4.69) is 14.1 Å². The molecule has 6 heteroatoms. The first kappa shape index (κ1) is 9.40. The van der Waals surface area contributed by atoms with Gasteiger partial charge in [0, 0.05) is 5.38 Å². The maximum absolute atomic E-state index is 10.2. The number of nitrogens with zero attached hydrogens (tertiary/aromatic N) is 2. The monoisotopic (exact) mass is 197 g/mol. The molecule has 0 fully saturated rings. The highest BCUT2D eigenvalue weighted by atomic mass is 32.1. The summed E-state index contributed by atoms with van der Waals surface area (Å²) >= 11 is 1.22. The van der Waals surface area contributed by atoms with Crippen LogP contribution in [0.4, 0.5) is 0 Å². The Bertz CT molecular complexity index is 313. The highest BCUT2D eigenvalue weighted by Crippen LogP contribution is 1.96. The molecule has 2 rings (SSSR count). The Morgan fingerprint density at radius 3 is 2.69 bits per heavy atom. The average Bonchev–Trinajstić information content (AvgIpc) is 2.82. The van der Waals surface area contributed by atoms with E-state index >= 15 is 0 Å². The SMILES string of the molecule is NC(=O)c1ccsn1.c1cnoc1. The van der Waals surface area contributed by atoms with Crippen LogP contribution in [-0.2, 0) is 0 Å². The van der Waals surface area contributed by atoms with E-state index in [0.717, 1.165) is 0 Å². The Balaban J connectivity index is 0.000000145. The molecule has 0 spiro atoms. The normalized spacial score (nSPS) is 8.62. The molecule has 0 aliphatic carbocycles. The largest absolute Gasteiger partial charge is 0.365 e. The number of hydrogen-bond acceptors (Lipinski definition) is 5. The predicted octanol–water partition coefficient (Wildman–Crippen LogP) is 0.917. The van der Waals surface area contributed by atoms with Crippen LogP contribution in [0.2, 0.25) is 0 Å². The molecule has 0 aliphatic heterocycles. The van der Waals surface area contributed by atoms with Crippen molar-refractivity contribution in [3.8, 4) is 0 Å². The van der Waals surface area contributed by atoms with E-state index in [1.165, 1.54) is 17.8 Å². The van der Waals surface area contributed by atoms with Crippen molar-refractivity contribution in [1.82, 2.24) is 9.53 Å². The zero-order valence-electron chi connectivity index (χ0n) is 6.58. The molecule has 0 radical (unpaired) electrons. The van der Waals surface area contributed by atoms with Gasteiger partial charge in [-0.3, -0.25) is 4.79 Å². The number of amides is 1. The van der Waals surface area contributed by atoms with Gasteiger partial charge in [0.1, 0.15) is 12.0 Å². The Morgan fingerprint density at radius 1 is 1.62 bits per heavy atom. The summed E-state index contributed by atoms with van der Waals surface area (Å²) in [6.45, 7) is 0. The average molecular weight is 197 g/mol. The topological polar surface area (TPSA) is 82.0 Å². The summed E-state index contributed by atoms with van der Waals surface area (Å²) < 4.78 is 8.02. The number of hydrogen-bond donors (Lipinski definition) is 1. The first-order chi connectivity index (χ1) is 6.30. The first-order valence-corrected chi connectivity index (χ1v) is 4.19. The maximum atomic E-state index is 10.2. The molecule has 2 heterocycles. The second-order valence-corrected chi connectivity index (χ2v) is 2.60. The number of nitrogens with two attached hydrogens (primary N) is 1. The van der Waals surface area contributed by atoms with Crippen LogP contribution in [0.5, 0.6) is 0 Å². The third-order valence-corrected chi connectivity index (χ3v) is 1.60. The van der Waals surface area contributed by atoms with Crippen LogP contribution in [0.15, 0.2) is 34.5 Å². The Morgan fingerprint density at radius 2 is 2.46 bits per heavy atom. The number of carbonyl (C=O) groups is 1. The fraction of sp³-hybridized carbons (Fsp3) is 0.